The first-order valence-corrected chi connectivity index (χ1v) is 9.77. The first kappa shape index (κ1) is 19.3. The number of allylic oxidation sites excluding steroid dienone is 2. The van der Waals surface area contributed by atoms with Crippen LogP contribution in [0.15, 0.2) is 12.2 Å². The Balaban J connectivity index is 1.71. The minimum atomic E-state index is 0.373. The molecule has 1 amide bonds. The zero-order valence-electron chi connectivity index (χ0n) is 14.8. The van der Waals surface area contributed by atoms with Gasteiger partial charge in [-0.25, -0.2) is 0 Å². The molecule has 0 aromatic rings. The molecule has 1 rings (SSSR count). The summed E-state index contributed by atoms with van der Waals surface area (Å²) in [6.07, 6.45) is 22.6. The average Bonchev–Trinajstić information content (AvgIpc) is 3.36. The molecule has 1 fully saturated rings. The fourth-order valence-corrected chi connectivity index (χ4v) is 2.80. The summed E-state index contributed by atoms with van der Waals surface area (Å²) in [7, 11) is 0. The fraction of sp³-hybridized carbons (Fsp3) is 0.850. The fourth-order valence-electron chi connectivity index (χ4n) is 2.80. The smallest absolute Gasteiger partial charge is 0.222 e. The second-order valence-electron chi connectivity index (χ2n) is 6.72. The highest BCUT2D eigenvalue weighted by Crippen LogP contribution is 2.12. The van der Waals surface area contributed by atoms with Crippen LogP contribution in [0.3, 0.4) is 0 Å². The van der Waals surface area contributed by atoms with Crippen molar-refractivity contribution in [3.05, 3.63) is 12.2 Å². The first-order valence-electron chi connectivity index (χ1n) is 9.77. The predicted molar refractivity (Wildman–Crippen MR) is 96.0 cm³/mol. The molecule has 0 atom stereocenters. The third-order valence-electron chi connectivity index (χ3n) is 4.45. The number of rotatable bonds is 15. The number of nitrogens with zero attached hydrogens (tertiary/aromatic N) is 1. The molecule has 1 heterocycles. The van der Waals surface area contributed by atoms with Crippen molar-refractivity contribution >= 4 is 5.91 Å². The molecule has 0 spiro atoms. The van der Waals surface area contributed by atoms with Gasteiger partial charge < -0.3 is 4.90 Å². The van der Waals surface area contributed by atoms with E-state index >= 15 is 0 Å². The Labute approximate surface area is 138 Å². The van der Waals surface area contributed by atoms with Crippen LogP contribution in [0, 0.1) is 0 Å². The van der Waals surface area contributed by atoms with Gasteiger partial charge in [0, 0.05) is 19.5 Å². The van der Waals surface area contributed by atoms with Crippen molar-refractivity contribution in [2.24, 2.45) is 0 Å². The van der Waals surface area contributed by atoms with Gasteiger partial charge in [-0.15, -0.1) is 0 Å². The van der Waals surface area contributed by atoms with Crippen LogP contribution in [0.1, 0.15) is 96.8 Å². The summed E-state index contributed by atoms with van der Waals surface area (Å²) >= 11 is 0. The summed E-state index contributed by atoms with van der Waals surface area (Å²) in [6, 6.07) is 0. The molecule has 1 aliphatic heterocycles. The van der Waals surface area contributed by atoms with E-state index in [9.17, 15) is 4.79 Å². The van der Waals surface area contributed by atoms with Crippen LogP contribution in [0.4, 0.5) is 0 Å². The zero-order valence-corrected chi connectivity index (χ0v) is 14.8. The van der Waals surface area contributed by atoms with Gasteiger partial charge in [-0.1, -0.05) is 70.4 Å². The van der Waals surface area contributed by atoms with Crippen LogP contribution in [-0.4, -0.2) is 23.9 Å². The first-order chi connectivity index (χ1) is 10.8. The Bertz CT molecular complexity index is 294. The van der Waals surface area contributed by atoms with Gasteiger partial charge in [-0.3, -0.25) is 4.79 Å². The summed E-state index contributed by atoms with van der Waals surface area (Å²) in [6.45, 7) is 4.28. The molecule has 128 valence electrons. The second-order valence-corrected chi connectivity index (χ2v) is 6.72. The molecule has 0 aliphatic carbocycles. The van der Waals surface area contributed by atoms with E-state index in [0.29, 0.717) is 5.91 Å². The van der Waals surface area contributed by atoms with Gasteiger partial charge >= 0.3 is 0 Å². The largest absolute Gasteiger partial charge is 0.339 e. The van der Waals surface area contributed by atoms with Crippen LogP contribution < -0.4 is 0 Å². The highest BCUT2D eigenvalue weighted by Gasteiger charge is 2.22. The van der Waals surface area contributed by atoms with E-state index in [1.54, 1.807) is 0 Å². The van der Waals surface area contributed by atoms with Crippen LogP contribution in [0.5, 0.6) is 0 Å². The minimum absolute atomic E-state index is 0.373. The average molecular weight is 308 g/mol. The lowest BCUT2D eigenvalue weighted by molar-refractivity contribution is -0.125. The zero-order chi connectivity index (χ0) is 15.9. The maximum atomic E-state index is 11.5. The topological polar surface area (TPSA) is 20.1 Å². The molecule has 22 heavy (non-hydrogen) atoms. The molecule has 0 unspecified atom stereocenters. The van der Waals surface area contributed by atoms with Gasteiger partial charge in [0.05, 0.1) is 0 Å². The molecule has 0 N–H and O–H groups in total. The number of hydrogen-bond acceptors (Lipinski definition) is 1. The maximum absolute atomic E-state index is 11.5. The van der Waals surface area contributed by atoms with Gasteiger partial charge in [0.1, 0.15) is 0 Å². The van der Waals surface area contributed by atoms with Gasteiger partial charge in [-0.2, -0.15) is 0 Å². The maximum Gasteiger partial charge on any atom is 0.222 e. The molecule has 0 bridgehead atoms. The Hall–Kier alpha value is -0.790. The van der Waals surface area contributed by atoms with E-state index < -0.39 is 0 Å². The third-order valence-corrected chi connectivity index (χ3v) is 4.45. The van der Waals surface area contributed by atoms with E-state index in [-0.39, 0.29) is 0 Å². The van der Waals surface area contributed by atoms with Gasteiger partial charge in [0.2, 0.25) is 5.91 Å². The lowest BCUT2D eigenvalue weighted by Gasteiger charge is -2.01. The summed E-state index contributed by atoms with van der Waals surface area (Å²) in [5, 5.41) is 0. The molecular formula is C20H37NO. The Kier molecular flexibility index (Phi) is 12.1. The van der Waals surface area contributed by atoms with E-state index in [0.717, 1.165) is 25.9 Å². The molecule has 2 nitrogen and oxygen atoms in total. The lowest BCUT2D eigenvalue weighted by atomic mass is 10.1. The van der Waals surface area contributed by atoms with Gasteiger partial charge in [0.15, 0.2) is 0 Å². The number of unbranched alkanes of at least 4 members (excludes halogenated alkanes) is 11. The van der Waals surface area contributed by atoms with E-state index in [1.807, 2.05) is 4.90 Å². The highest BCUT2D eigenvalue weighted by atomic mass is 16.2. The van der Waals surface area contributed by atoms with E-state index in [4.69, 9.17) is 0 Å². The van der Waals surface area contributed by atoms with Crippen molar-refractivity contribution in [3.63, 3.8) is 0 Å². The van der Waals surface area contributed by atoms with Crippen molar-refractivity contribution in [2.45, 2.75) is 96.8 Å². The lowest BCUT2D eigenvalue weighted by Crippen LogP contribution is -2.09. The molecular weight excluding hydrogens is 270 g/mol. The van der Waals surface area contributed by atoms with Crippen molar-refractivity contribution in [1.82, 2.24) is 4.90 Å². The summed E-state index contributed by atoms with van der Waals surface area (Å²) in [4.78, 5) is 13.4. The Morgan fingerprint density at radius 3 is 1.82 bits per heavy atom. The van der Waals surface area contributed by atoms with E-state index in [1.165, 1.54) is 77.0 Å². The number of hydrogen-bond donors (Lipinski definition) is 0. The monoisotopic (exact) mass is 307 g/mol. The van der Waals surface area contributed by atoms with Gasteiger partial charge in [-0.05, 0) is 32.1 Å². The molecule has 2 heteroatoms. The summed E-state index contributed by atoms with van der Waals surface area (Å²) in [5.41, 5.74) is 0. The number of carbonyl (C=O) groups excluding carboxylic acids is 1. The molecule has 0 radical (unpaired) electrons. The normalized spacial score (nSPS) is 14.0. The number of carbonyl (C=O) groups is 1. The van der Waals surface area contributed by atoms with Crippen molar-refractivity contribution in [2.75, 3.05) is 13.1 Å². The van der Waals surface area contributed by atoms with Crippen LogP contribution in [-0.2, 0) is 4.79 Å². The quantitative estimate of drug-likeness (QED) is 0.210. The molecule has 1 aliphatic rings. The Morgan fingerprint density at radius 1 is 0.773 bits per heavy atom. The Morgan fingerprint density at radius 2 is 1.27 bits per heavy atom. The van der Waals surface area contributed by atoms with E-state index in [2.05, 4.69) is 19.1 Å². The number of amides is 1. The van der Waals surface area contributed by atoms with Gasteiger partial charge in [0.25, 0.3) is 0 Å². The van der Waals surface area contributed by atoms with Crippen molar-refractivity contribution in [3.8, 4) is 0 Å². The summed E-state index contributed by atoms with van der Waals surface area (Å²) in [5.74, 6) is 0.373. The van der Waals surface area contributed by atoms with Crippen LogP contribution in [0.25, 0.3) is 0 Å². The predicted octanol–water partition coefficient (Wildman–Crippen LogP) is 5.87. The molecule has 0 aromatic carbocycles. The van der Waals surface area contributed by atoms with Crippen LogP contribution >= 0.6 is 0 Å². The van der Waals surface area contributed by atoms with Crippen LogP contribution in [0.2, 0.25) is 0 Å². The highest BCUT2D eigenvalue weighted by molar-refractivity contribution is 5.78. The minimum Gasteiger partial charge on any atom is -0.339 e. The third kappa shape index (κ3) is 11.8. The molecule has 0 saturated carbocycles. The molecule has 0 aromatic heterocycles. The van der Waals surface area contributed by atoms with Crippen molar-refractivity contribution < 1.29 is 4.79 Å². The van der Waals surface area contributed by atoms with Crippen molar-refractivity contribution in [1.29, 1.82) is 0 Å². The summed E-state index contributed by atoms with van der Waals surface area (Å²) < 4.78 is 0. The standard InChI is InChI=1S/C20H37NO/c1-2-3-4-5-6-7-8-9-10-11-12-13-14-15-16-17-20(22)21-18-19-21/h9-10H,2-8,11-19H2,1H3. The molecule has 1 saturated heterocycles. The SMILES string of the molecule is CCCCCCCCC=CCCCCCCCC(=O)N1CC1. The second kappa shape index (κ2) is 13.8.